The van der Waals surface area contributed by atoms with E-state index in [-0.39, 0.29) is 5.91 Å². The SMILES string of the molecule is CC(=O)N1CC[C@@H]2NCCCC[C@@H]21. The van der Waals surface area contributed by atoms with Crippen LogP contribution in [0.4, 0.5) is 0 Å². The van der Waals surface area contributed by atoms with Crippen molar-refractivity contribution in [3.8, 4) is 0 Å². The van der Waals surface area contributed by atoms with Crippen molar-refractivity contribution in [1.82, 2.24) is 10.2 Å². The van der Waals surface area contributed by atoms with Gasteiger partial charge in [0.1, 0.15) is 0 Å². The number of hydrogen-bond acceptors (Lipinski definition) is 2. The van der Waals surface area contributed by atoms with Crippen LogP contribution in [-0.2, 0) is 4.79 Å². The Labute approximate surface area is 79.5 Å². The van der Waals surface area contributed by atoms with E-state index < -0.39 is 0 Å². The molecule has 2 aliphatic heterocycles. The summed E-state index contributed by atoms with van der Waals surface area (Å²) in [7, 11) is 0. The summed E-state index contributed by atoms with van der Waals surface area (Å²) in [6.07, 6.45) is 4.86. The zero-order valence-corrected chi connectivity index (χ0v) is 8.25. The normalized spacial score (nSPS) is 34.1. The largest absolute Gasteiger partial charge is 0.338 e. The van der Waals surface area contributed by atoms with Crippen molar-refractivity contribution in [1.29, 1.82) is 0 Å². The van der Waals surface area contributed by atoms with Crippen LogP contribution >= 0.6 is 0 Å². The van der Waals surface area contributed by atoms with Crippen molar-refractivity contribution in [2.45, 2.75) is 44.7 Å². The summed E-state index contributed by atoms with van der Waals surface area (Å²) >= 11 is 0. The van der Waals surface area contributed by atoms with Crippen LogP contribution in [0.1, 0.15) is 32.6 Å². The van der Waals surface area contributed by atoms with E-state index in [1.807, 2.05) is 4.90 Å². The summed E-state index contributed by atoms with van der Waals surface area (Å²) in [5.41, 5.74) is 0. The standard InChI is InChI=1S/C10H18N2O/c1-8(13)12-7-5-9-10(12)4-2-3-6-11-9/h9-11H,2-7H2,1H3/t9-,10-/m0/s1. The maximum absolute atomic E-state index is 11.3. The van der Waals surface area contributed by atoms with Crippen molar-refractivity contribution in [2.75, 3.05) is 13.1 Å². The van der Waals surface area contributed by atoms with Gasteiger partial charge in [-0.15, -0.1) is 0 Å². The predicted octanol–water partition coefficient (Wildman–Crippen LogP) is 0.749. The minimum Gasteiger partial charge on any atom is -0.338 e. The molecule has 0 bridgehead atoms. The van der Waals surface area contributed by atoms with Gasteiger partial charge in [0.05, 0.1) is 0 Å². The van der Waals surface area contributed by atoms with Crippen LogP contribution in [-0.4, -0.2) is 36.0 Å². The van der Waals surface area contributed by atoms with Crippen molar-refractivity contribution in [3.63, 3.8) is 0 Å². The summed E-state index contributed by atoms with van der Waals surface area (Å²) in [4.78, 5) is 13.4. The molecule has 0 unspecified atom stereocenters. The molecule has 0 radical (unpaired) electrons. The molecule has 2 rings (SSSR count). The number of carbonyl (C=O) groups is 1. The van der Waals surface area contributed by atoms with Gasteiger partial charge in [-0.05, 0) is 25.8 Å². The van der Waals surface area contributed by atoms with Gasteiger partial charge in [-0.25, -0.2) is 0 Å². The molecule has 3 nitrogen and oxygen atoms in total. The summed E-state index contributed by atoms with van der Waals surface area (Å²) in [5, 5.41) is 3.53. The Kier molecular flexibility index (Phi) is 2.54. The van der Waals surface area contributed by atoms with Gasteiger partial charge in [-0.3, -0.25) is 4.79 Å². The van der Waals surface area contributed by atoms with Gasteiger partial charge in [0.2, 0.25) is 5.91 Å². The van der Waals surface area contributed by atoms with Gasteiger partial charge in [-0.1, -0.05) is 6.42 Å². The fraction of sp³-hybridized carbons (Fsp3) is 0.900. The van der Waals surface area contributed by atoms with Crippen LogP contribution in [0.25, 0.3) is 0 Å². The number of rotatable bonds is 0. The molecule has 2 saturated heterocycles. The monoisotopic (exact) mass is 182 g/mol. The van der Waals surface area contributed by atoms with Crippen LogP contribution in [0.3, 0.4) is 0 Å². The van der Waals surface area contributed by atoms with Crippen LogP contribution in [0.2, 0.25) is 0 Å². The lowest BCUT2D eigenvalue weighted by Gasteiger charge is -2.25. The number of amides is 1. The van der Waals surface area contributed by atoms with Crippen LogP contribution in [0, 0.1) is 0 Å². The Morgan fingerprint density at radius 3 is 3.00 bits per heavy atom. The van der Waals surface area contributed by atoms with Gasteiger partial charge in [0.15, 0.2) is 0 Å². The van der Waals surface area contributed by atoms with E-state index in [4.69, 9.17) is 0 Å². The summed E-state index contributed by atoms with van der Waals surface area (Å²) in [6, 6.07) is 1.06. The summed E-state index contributed by atoms with van der Waals surface area (Å²) in [5.74, 6) is 0.246. The van der Waals surface area contributed by atoms with E-state index >= 15 is 0 Å². The third kappa shape index (κ3) is 1.70. The van der Waals surface area contributed by atoms with E-state index in [9.17, 15) is 4.79 Å². The van der Waals surface area contributed by atoms with Crippen molar-refractivity contribution >= 4 is 5.91 Å². The topological polar surface area (TPSA) is 32.3 Å². The van der Waals surface area contributed by atoms with E-state index in [2.05, 4.69) is 5.32 Å². The van der Waals surface area contributed by atoms with Gasteiger partial charge in [-0.2, -0.15) is 0 Å². The third-order valence-electron chi connectivity index (χ3n) is 3.28. The molecule has 1 N–H and O–H groups in total. The average molecular weight is 182 g/mol. The number of nitrogens with zero attached hydrogens (tertiary/aromatic N) is 1. The Morgan fingerprint density at radius 2 is 2.23 bits per heavy atom. The van der Waals surface area contributed by atoms with Gasteiger partial charge < -0.3 is 10.2 Å². The summed E-state index contributed by atoms with van der Waals surface area (Å²) < 4.78 is 0. The van der Waals surface area contributed by atoms with Crippen LogP contribution in [0.5, 0.6) is 0 Å². The molecular weight excluding hydrogens is 164 g/mol. The van der Waals surface area contributed by atoms with Crippen LogP contribution in [0.15, 0.2) is 0 Å². The molecule has 0 aromatic carbocycles. The molecule has 2 heterocycles. The molecule has 0 aromatic heterocycles. The lowest BCUT2D eigenvalue weighted by atomic mass is 10.1. The first kappa shape index (κ1) is 9.00. The highest BCUT2D eigenvalue weighted by atomic mass is 16.2. The lowest BCUT2D eigenvalue weighted by molar-refractivity contribution is -0.129. The zero-order chi connectivity index (χ0) is 9.26. The quantitative estimate of drug-likeness (QED) is 0.599. The van der Waals surface area contributed by atoms with E-state index in [0.717, 1.165) is 19.5 Å². The van der Waals surface area contributed by atoms with Crippen molar-refractivity contribution < 1.29 is 4.79 Å². The second kappa shape index (κ2) is 3.66. The number of nitrogens with one attached hydrogen (secondary N) is 1. The first-order valence-corrected chi connectivity index (χ1v) is 5.29. The smallest absolute Gasteiger partial charge is 0.219 e. The first-order valence-electron chi connectivity index (χ1n) is 5.29. The Balaban J connectivity index is 2.06. The second-order valence-electron chi connectivity index (χ2n) is 4.12. The molecule has 1 amide bonds. The molecule has 2 aliphatic rings. The Hall–Kier alpha value is -0.570. The van der Waals surface area contributed by atoms with E-state index in [1.54, 1.807) is 6.92 Å². The highest BCUT2D eigenvalue weighted by Crippen LogP contribution is 2.24. The fourth-order valence-electron chi connectivity index (χ4n) is 2.61. The Bertz CT molecular complexity index is 205. The van der Waals surface area contributed by atoms with Crippen LogP contribution < -0.4 is 5.32 Å². The highest BCUT2D eigenvalue weighted by molar-refractivity contribution is 5.74. The van der Waals surface area contributed by atoms with Gasteiger partial charge in [0, 0.05) is 25.6 Å². The molecule has 74 valence electrons. The first-order chi connectivity index (χ1) is 6.29. The van der Waals surface area contributed by atoms with E-state index in [1.165, 1.54) is 19.3 Å². The number of carbonyl (C=O) groups excluding carboxylic acids is 1. The van der Waals surface area contributed by atoms with E-state index in [0.29, 0.717) is 12.1 Å². The number of likely N-dealkylation sites (tertiary alicyclic amines) is 1. The zero-order valence-electron chi connectivity index (χ0n) is 8.25. The van der Waals surface area contributed by atoms with Crippen molar-refractivity contribution in [2.24, 2.45) is 0 Å². The third-order valence-corrected chi connectivity index (χ3v) is 3.28. The maximum atomic E-state index is 11.3. The maximum Gasteiger partial charge on any atom is 0.219 e. The molecule has 2 fully saturated rings. The molecule has 13 heavy (non-hydrogen) atoms. The van der Waals surface area contributed by atoms with Crippen molar-refractivity contribution in [3.05, 3.63) is 0 Å². The molecule has 2 atom stereocenters. The highest BCUT2D eigenvalue weighted by Gasteiger charge is 2.35. The minimum atomic E-state index is 0.246. The number of fused-ring (bicyclic) bond motifs is 1. The average Bonchev–Trinajstić information content (AvgIpc) is 2.36. The summed E-state index contributed by atoms with van der Waals surface area (Å²) in [6.45, 7) is 3.78. The predicted molar refractivity (Wildman–Crippen MR) is 51.4 cm³/mol. The molecule has 0 aliphatic carbocycles. The molecule has 0 saturated carbocycles. The van der Waals surface area contributed by atoms with Gasteiger partial charge >= 0.3 is 0 Å². The fourth-order valence-corrected chi connectivity index (χ4v) is 2.61. The van der Waals surface area contributed by atoms with Gasteiger partial charge in [0.25, 0.3) is 0 Å². The molecular formula is C10H18N2O. The number of hydrogen-bond donors (Lipinski definition) is 1. The lowest BCUT2D eigenvalue weighted by Crippen LogP contribution is -2.42. The Morgan fingerprint density at radius 1 is 1.38 bits per heavy atom. The minimum absolute atomic E-state index is 0.246. The molecule has 0 spiro atoms. The molecule has 3 heteroatoms. The second-order valence-corrected chi connectivity index (χ2v) is 4.12. The molecule has 0 aromatic rings.